The van der Waals surface area contributed by atoms with Crippen LogP contribution in [0.25, 0.3) is 0 Å². The first kappa shape index (κ1) is 13.5. The van der Waals surface area contributed by atoms with Crippen LogP contribution in [0.4, 0.5) is 4.39 Å². The first-order chi connectivity index (χ1) is 8.61. The molecule has 0 spiro atoms. The van der Waals surface area contributed by atoms with Crippen molar-refractivity contribution < 1.29 is 9.18 Å². The van der Waals surface area contributed by atoms with Gasteiger partial charge < -0.3 is 10.2 Å². The molecule has 0 aliphatic carbocycles. The number of rotatable bonds is 2. The largest absolute Gasteiger partial charge is 0.337 e. The van der Waals surface area contributed by atoms with E-state index in [-0.39, 0.29) is 11.5 Å². The molecule has 3 nitrogen and oxygen atoms in total. The molecule has 1 saturated heterocycles. The quantitative estimate of drug-likeness (QED) is 0.909. The van der Waals surface area contributed by atoms with Gasteiger partial charge in [0.15, 0.2) is 0 Å². The maximum Gasteiger partial charge on any atom is 0.256 e. The maximum absolute atomic E-state index is 13.7. The molecule has 1 amide bonds. The number of carbonyl (C=O) groups excluding carboxylic acids is 1. The molecular weight excluding hydrogens is 299 g/mol. The minimum atomic E-state index is -0.463. The molecule has 1 atom stereocenters. The molecule has 1 aromatic carbocycles. The lowest BCUT2D eigenvalue weighted by Gasteiger charge is -2.32. The van der Waals surface area contributed by atoms with E-state index in [0.29, 0.717) is 19.1 Å². The van der Waals surface area contributed by atoms with E-state index in [1.54, 1.807) is 17.0 Å². The van der Waals surface area contributed by atoms with Gasteiger partial charge in [0, 0.05) is 23.6 Å². The Kier molecular flexibility index (Phi) is 4.35. The molecule has 1 N–H and O–H groups in total. The first-order valence-electron chi connectivity index (χ1n) is 6.03. The van der Waals surface area contributed by atoms with Gasteiger partial charge in [-0.25, -0.2) is 4.39 Å². The van der Waals surface area contributed by atoms with Crippen molar-refractivity contribution in [2.24, 2.45) is 0 Å². The summed E-state index contributed by atoms with van der Waals surface area (Å²) in [5, 5.41) is 3.17. The summed E-state index contributed by atoms with van der Waals surface area (Å²) in [6.45, 7) is 1.34. The zero-order valence-electron chi connectivity index (χ0n) is 10.2. The predicted octanol–water partition coefficient (Wildman–Crippen LogP) is 2.41. The first-order valence-corrected chi connectivity index (χ1v) is 6.82. The molecule has 0 radical (unpaired) electrons. The van der Waals surface area contributed by atoms with Crippen LogP contribution in [0.1, 0.15) is 23.2 Å². The third-order valence-corrected chi connectivity index (χ3v) is 3.77. The van der Waals surface area contributed by atoms with Crippen molar-refractivity contribution in [3.8, 4) is 0 Å². The van der Waals surface area contributed by atoms with Crippen molar-refractivity contribution in [1.29, 1.82) is 0 Å². The number of nitrogens with one attached hydrogen (secondary N) is 1. The molecule has 0 unspecified atom stereocenters. The molecule has 1 aliphatic rings. The molecule has 2 rings (SSSR count). The zero-order chi connectivity index (χ0) is 13.1. The highest BCUT2D eigenvalue weighted by atomic mass is 79.9. The number of amides is 1. The van der Waals surface area contributed by atoms with Gasteiger partial charge in [-0.15, -0.1) is 0 Å². The number of hydrogen-bond acceptors (Lipinski definition) is 2. The van der Waals surface area contributed by atoms with E-state index in [2.05, 4.69) is 21.2 Å². The second-order valence-electron chi connectivity index (χ2n) is 4.50. The molecule has 98 valence electrons. The van der Waals surface area contributed by atoms with Crippen LogP contribution in [0.3, 0.4) is 0 Å². The van der Waals surface area contributed by atoms with Gasteiger partial charge in [0.05, 0.1) is 5.56 Å². The van der Waals surface area contributed by atoms with E-state index in [9.17, 15) is 9.18 Å². The van der Waals surface area contributed by atoms with Gasteiger partial charge in [0.25, 0.3) is 5.91 Å². The number of likely N-dealkylation sites (N-methyl/N-ethyl adjacent to an activating group) is 1. The maximum atomic E-state index is 13.7. The Labute approximate surface area is 114 Å². The summed E-state index contributed by atoms with van der Waals surface area (Å²) in [4.78, 5) is 14.0. The molecular formula is C13H16BrFN2O. The smallest absolute Gasteiger partial charge is 0.256 e. The van der Waals surface area contributed by atoms with Gasteiger partial charge in [0.2, 0.25) is 0 Å². The zero-order valence-corrected chi connectivity index (χ0v) is 11.8. The second-order valence-corrected chi connectivity index (χ2v) is 5.42. The highest BCUT2D eigenvalue weighted by molar-refractivity contribution is 9.10. The normalized spacial score (nSPS) is 19.9. The van der Waals surface area contributed by atoms with Crippen molar-refractivity contribution in [3.63, 3.8) is 0 Å². The number of benzene rings is 1. The van der Waals surface area contributed by atoms with Crippen LogP contribution in [0, 0.1) is 5.82 Å². The molecule has 1 fully saturated rings. The highest BCUT2D eigenvalue weighted by Gasteiger charge is 2.25. The lowest BCUT2D eigenvalue weighted by atomic mass is 10.0. The summed E-state index contributed by atoms with van der Waals surface area (Å²) < 4.78 is 14.4. The Morgan fingerprint density at radius 1 is 1.56 bits per heavy atom. The molecule has 0 saturated carbocycles. The van der Waals surface area contributed by atoms with Crippen LogP contribution in [0.15, 0.2) is 22.7 Å². The van der Waals surface area contributed by atoms with E-state index in [4.69, 9.17) is 0 Å². The van der Waals surface area contributed by atoms with E-state index in [1.807, 2.05) is 7.05 Å². The Hall–Kier alpha value is -0.940. The molecule has 18 heavy (non-hydrogen) atoms. The summed E-state index contributed by atoms with van der Waals surface area (Å²) in [5.41, 5.74) is 0.140. The number of likely N-dealkylation sites (tertiary alicyclic amines) is 1. The van der Waals surface area contributed by atoms with E-state index < -0.39 is 5.82 Å². The molecule has 1 heterocycles. The van der Waals surface area contributed by atoms with Crippen LogP contribution >= 0.6 is 15.9 Å². The summed E-state index contributed by atoms with van der Waals surface area (Å²) in [6.07, 6.45) is 2.01. The van der Waals surface area contributed by atoms with Gasteiger partial charge in [-0.05, 0) is 38.1 Å². The summed E-state index contributed by atoms with van der Waals surface area (Å²) in [5.74, 6) is -0.691. The molecule has 0 bridgehead atoms. The summed E-state index contributed by atoms with van der Waals surface area (Å²) >= 11 is 3.26. The van der Waals surface area contributed by atoms with Crippen LogP contribution < -0.4 is 5.32 Å². The minimum Gasteiger partial charge on any atom is -0.337 e. The average molecular weight is 315 g/mol. The molecule has 1 aliphatic heterocycles. The van der Waals surface area contributed by atoms with Crippen molar-refractivity contribution in [3.05, 3.63) is 34.1 Å². The summed E-state index contributed by atoms with van der Waals surface area (Å²) in [7, 11) is 1.89. The van der Waals surface area contributed by atoms with E-state index >= 15 is 0 Å². The fraction of sp³-hybridized carbons (Fsp3) is 0.462. The van der Waals surface area contributed by atoms with E-state index in [0.717, 1.165) is 17.3 Å². The second kappa shape index (κ2) is 5.80. The number of piperidine rings is 1. The number of halogens is 2. The predicted molar refractivity (Wildman–Crippen MR) is 72.1 cm³/mol. The highest BCUT2D eigenvalue weighted by Crippen LogP contribution is 2.19. The average Bonchev–Trinajstić information content (AvgIpc) is 2.41. The van der Waals surface area contributed by atoms with Crippen LogP contribution in [-0.4, -0.2) is 37.0 Å². The third kappa shape index (κ3) is 2.90. The standard InChI is InChI=1S/C13H16BrFN2O/c1-16-10-3-2-6-17(8-10)13(18)11-7-9(14)4-5-12(11)15/h4-5,7,10,16H,2-3,6,8H2,1H3/t10-/m1/s1. The fourth-order valence-electron chi connectivity index (χ4n) is 2.23. The van der Waals surface area contributed by atoms with Crippen LogP contribution in [0.2, 0.25) is 0 Å². The van der Waals surface area contributed by atoms with E-state index in [1.165, 1.54) is 6.07 Å². The number of carbonyl (C=O) groups is 1. The van der Waals surface area contributed by atoms with Gasteiger partial charge in [0.1, 0.15) is 5.82 Å². The molecule has 0 aromatic heterocycles. The van der Waals surface area contributed by atoms with Crippen molar-refractivity contribution >= 4 is 21.8 Å². The van der Waals surface area contributed by atoms with Gasteiger partial charge in [-0.2, -0.15) is 0 Å². The van der Waals surface area contributed by atoms with Gasteiger partial charge in [-0.1, -0.05) is 15.9 Å². The molecule has 5 heteroatoms. The third-order valence-electron chi connectivity index (χ3n) is 3.28. The lowest BCUT2D eigenvalue weighted by Crippen LogP contribution is -2.47. The topological polar surface area (TPSA) is 32.3 Å². The Bertz CT molecular complexity index is 453. The van der Waals surface area contributed by atoms with Crippen LogP contribution in [0.5, 0.6) is 0 Å². The molecule has 1 aromatic rings. The summed E-state index contributed by atoms with van der Waals surface area (Å²) in [6, 6.07) is 4.76. The van der Waals surface area contributed by atoms with Gasteiger partial charge >= 0.3 is 0 Å². The number of nitrogens with zero attached hydrogens (tertiary/aromatic N) is 1. The minimum absolute atomic E-state index is 0.140. The van der Waals surface area contributed by atoms with Crippen molar-refractivity contribution in [1.82, 2.24) is 10.2 Å². The van der Waals surface area contributed by atoms with Crippen molar-refractivity contribution in [2.75, 3.05) is 20.1 Å². The van der Waals surface area contributed by atoms with Crippen molar-refractivity contribution in [2.45, 2.75) is 18.9 Å². The van der Waals surface area contributed by atoms with Gasteiger partial charge in [-0.3, -0.25) is 4.79 Å². The Morgan fingerprint density at radius 2 is 2.33 bits per heavy atom. The fourth-order valence-corrected chi connectivity index (χ4v) is 2.59. The lowest BCUT2D eigenvalue weighted by molar-refractivity contribution is 0.0693. The number of hydrogen-bond donors (Lipinski definition) is 1. The Balaban J connectivity index is 2.17. The Morgan fingerprint density at radius 3 is 3.06 bits per heavy atom. The monoisotopic (exact) mass is 314 g/mol. The van der Waals surface area contributed by atoms with Crippen LogP contribution in [-0.2, 0) is 0 Å². The SMILES string of the molecule is CN[C@@H]1CCCN(C(=O)c2cc(Br)ccc2F)C1.